The predicted octanol–water partition coefficient (Wildman–Crippen LogP) is 3.76. The third kappa shape index (κ3) is 2.83. The molecule has 1 aromatic heterocycles. The van der Waals surface area contributed by atoms with E-state index >= 15 is 0 Å². The van der Waals surface area contributed by atoms with Crippen molar-refractivity contribution in [3.8, 4) is 0 Å². The largest absolute Gasteiger partial charge is 0.409 e. The van der Waals surface area contributed by atoms with Crippen molar-refractivity contribution in [2.75, 3.05) is 0 Å². The van der Waals surface area contributed by atoms with Gasteiger partial charge in [0.15, 0.2) is 5.84 Å². The highest BCUT2D eigenvalue weighted by atomic mass is 79.9. The van der Waals surface area contributed by atoms with E-state index in [0.29, 0.717) is 5.56 Å². The van der Waals surface area contributed by atoms with Crippen molar-refractivity contribution in [1.82, 2.24) is 0 Å². The van der Waals surface area contributed by atoms with Gasteiger partial charge in [-0.05, 0) is 39.5 Å². The molecule has 3 N–H and O–H groups in total. The van der Waals surface area contributed by atoms with E-state index in [1.807, 2.05) is 35.7 Å². The van der Waals surface area contributed by atoms with E-state index in [9.17, 15) is 0 Å². The molecule has 0 radical (unpaired) electrons. The van der Waals surface area contributed by atoms with Gasteiger partial charge in [-0.3, -0.25) is 0 Å². The van der Waals surface area contributed by atoms with E-state index in [1.54, 1.807) is 23.1 Å². The number of nitrogens with two attached hydrogens (primary N) is 1. The summed E-state index contributed by atoms with van der Waals surface area (Å²) in [6, 6.07) is 9.77. The number of benzene rings is 1. The first-order valence-electron chi connectivity index (χ1n) is 4.70. The number of amidine groups is 1. The number of thiophene rings is 1. The van der Waals surface area contributed by atoms with Crippen molar-refractivity contribution < 1.29 is 5.21 Å². The molecule has 1 heterocycles. The lowest BCUT2D eigenvalue weighted by atomic mass is 10.2. The van der Waals surface area contributed by atoms with Crippen molar-refractivity contribution in [1.29, 1.82) is 0 Å². The normalized spacial score (nSPS) is 11.7. The van der Waals surface area contributed by atoms with E-state index in [0.717, 1.165) is 13.6 Å². The van der Waals surface area contributed by atoms with Gasteiger partial charge in [-0.1, -0.05) is 29.1 Å². The topological polar surface area (TPSA) is 58.6 Å². The second-order valence-electron chi connectivity index (χ2n) is 3.13. The minimum atomic E-state index is 0.108. The maximum absolute atomic E-state index is 8.80. The lowest BCUT2D eigenvalue weighted by Gasteiger charge is -2.08. The second kappa shape index (κ2) is 5.57. The Morgan fingerprint density at radius 1 is 1.35 bits per heavy atom. The van der Waals surface area contributed by atoms with Crippen LogP contribution in [0.3, 0.4) is 0 Å². The quantitative estimate of drug-likeness (QED) is 0.390. The van der Waals surface area contributed by atoms with Gasteiger partial charge < -0.3 is 10.9 Å². The highest BCUT2D eigenvalue weighted by Gasteiger charge is 2.12. The van der Waals surface area contributed by atoms with Crippen molar-refractivity contribution >= 4 is 44.9 Å². The molecule has 0 spiro atoms. The molecule has 0 saturated carbocycles. The molecule has 2 rings (SSSR count). The highest BCUT2D eigenvalue weighted by molar-refractivity contribution is 9.10. The minimum absolute atomic E-state index is 0.108. The third-order valence-corrected chi connectivity index (χ3v) is 4.80. The number of hydrogen-bond donors (Lipinski definition) is 2. The summed E-state index contributed by atoms with van der Waals surface area (Å²) in [6.45, 7) is 0. The van der Waals surface area contributed by atoms with Crippen molar-refractivity contribution in [2.24, 2.45) is 10.9 Å². The van der Waals surface area contributed by atoms with Crippen LogP contribution >= 0.6 is 39.0 Å². The monoisotopic (exact) mass is 328 g/mol. The molecule has 0 unspecified atom stereocenters. The number of halogens is 1. The molecule has 6 heteroatoms. The van der Waals surface area contributed by atoms with Crippen LogP contribution in [-0.4, -0.2) is 11.0 Å². The summed E-state index contributed by atoms with van der Waals surface area (Å²) in [6.07, 6.45) is 0. The van der Waals surface area contributed by atoms with E-state index in [2.05, 4.69) is 21.1 Å². The molecule has 0 aliphatic carbocycles. The minimum Gasteiger partial charge on any atom is -0.409 e. The molecular weight excluding hydrogens is 320 g/mol. The summed E-state index contributed by atoms with van der Waals surface area (Å²) in [7, 11) is 0. The van der Waals surface area contributed by atoms with Gasteiger partial charge in [0.1, 0.15) is 0 Å². The molecule has 0 amide bonds. The second-order valence-corrected chi connectivity index (χ2v) is 6.28. The summed E-state index contributed by atoms with van der Waals surface area (Å²) < 4.78 is 1.98. The molecule has 0 fully saturated rings. The fraction of sp³-hybridized carbons (Fsp3) is 0. The maximum atomic E-state index is 8.80. The summed E-state index contributed by atoms with van der Waals surface area (Å²) in [5, 5.41) is 13.9. The van der Waals surface area contributed by atoms with E-state index in [-0.39, 0.29) is 5.84 Å². The molecule has 3 nitrogen and oxygen atoms in total. The summed E-state index contributed by atoms with van der Waals surface area (Å²) >= 11 is 6.66. The van der Waals surface area contributed by atoms with Crippen LogP contribution in [0.2, 0.25) is 0 Å². The molecule has 1 aromatic carbocycles. The lowest BCUT2D eigenvalue weighted by Crippen LogP contribution is -2.14. The predicted molar refractivity (Wildman–Crippen MR) is 75.1 cm³/mol. The Balaban J connectivity index is 2.43. The van der Waals surface area contributed by atoms with Gasteiger partial charge in [-0.25, -0.2) is 0 Å². The molecule has 17 heavy (non-hydrogen) atoms. The first-order chi connectivity index (χ1) is 8.22. The maximum Gasteiger partial charge on any atom is 0.172 e. The average molecular weight is 329 g/mol. The van der Waals surface area contributed by atoms with Crippen LogP contribution < -0.4 is 5.73 Å². The molecule has 0 aliphatic rings. The fourth-order valence-corrected chi connectivity index (χ4v) is 3.92. The van der Waals surface area contributed by atoms with Crippen molar-refractivity contribution in [2.45, 2.75) is 9.10 Å². The number of oxime groups is 1. The Kier molecular flexibility index (Phi) is 4.09. The van der Waals surface area contributed by atoms with E-state index in [4.69, 9.17) is 10.9 Å². The van der Waals surface area contributed by atoms with Crippen LogP contribution in [0.5, 0.6) is 0 Å². The Bertz CT molecular complexity index is 540. The summed E-state index contributed by atoms with van der Waals surface area (Å²) in [4.78, 5) is 0.956. The van der Waals surface area contributed by atoms with Crippen LogP contribution in [-0.2, 0) is 0 Å². The SMILES string of the molecule is N/C(=N/O)c1c(Br)cccc1Sc1cccs1. The zero-order valence-corrected chi connectivity index (χ0v) is 11.8. The number of hydrogen-bond acceptors (Lipinski definition) is 4. The lowest BCUT2D eigenvalue weighted by molar-refractivity contribution is 0.318. The van der Waals surface area contributed by atoms with Crippen molar-refractivity contribution in [3.05, 3.63) is 45.7 Å². The Morgan fingerprint density at radius 2 is 2.18 bits per heavy atom. The molecular formula is C11H9BrN2OS2. The fourth-order valence-electron chi connectivity index (χ4n) is 1.32. The molecule has 0 atom stereocenters. The average Bonchev–Trinajstić information content (AvgIpc) is 2.81. The van der Waals surface area contributed by atoms with Gasteiger partial charge in [0.25, 0.3) is 0 Å². The highest BCUT2D eigenvalue weighted by Crippen LogP contribution is 2.35. The Labute approximate surface area is 115 Å². The Hall–Kier alpha value is -0.980. The van der Waals surface area contributed by atoms with Gasteiger partial charge in [-0.2, -0.15) is 0 Å². The molecule has 0 bridgehead atoms. The van der Waals surface area contributed by atoms with Gasteiger partial charge >= 0.3 is 0 Å². The summed E-state index contributed by atoms with van der Waals surface area (Å²) in [5.41, 5.74) is 6.40. The van der Waals surface area contributed by atoms with Gasteiger partial charge in [0.2, 0.25) is 0 Å². The standard InChI is InChI=1S/C11H9BrN2OS2/c12-7-3-1-4-8(10(7)11(13)14-15)17-9-5-2-6-16-9/h1-6,15H,(H2,13,14). The van der Waals surface area contributed by atoms with Crippen LogP contribution in [0.15, 0.2) is 54.4 Å². The van der Waals surface area contributed by atoms with Crippen LogP contribution in [0.1, 0.15) is 5.56 Å². The van der Waals surface area contributed by atoms with E-state index in [1.165, 1.54) is 0 Å². The molecule has 0 aliphatic heterocycles. The van der Waals surface area contributed by atoms with Gasteiger partial charge in [0, 0.05) is 14.9 Å². The zero-order chi connectivity index (χ0) is 12.3. The van der Waals surface area contributed by atoms with Crippen LogP contribution in [0.4, 0.5) is 0 Å². The first-order valence-corrected chi connectivity index (χ1v) is 7.19. The van der Waals surface area contributed by atoms with Crippen LogP contribution in [0.25, 0.3) is 0 Å². The molecule has 88 valence electrons. The zero-order valence-electron chi connectivity index (χ0n) is 8.63. The van der Waals surface area contributed by atoms with Crippen molar-refractivity contribution in [3.63, 3.8) is 0 Å². The number of nitrogens with zero attached hydrogens (tertiary/aromatic N) is 1. The van der Waals surface area contributed by atoms with Gasteiger partial charge in [-0.15, -0.1) is 11.3 Å². The first kappa shape index (κ1) is 12.5. The molecule has 2 aromatic rings. The van der Waals surface area contributed by atoms with E-state index < -0.39 is 0 Å². The Morgan fingerprint density at radius 3 is 2.82 bits per heavy atom. The molecule has 0 saturated heterocycles. The summed E-state index contributed by atoms with van der Waals surface area (Å²) in [5.74, 6) is 0.108. The smallest absolute Gasteiger partial charge is 0.172 e. The third-order valence-electron chi connectivity index (χ3n) is 2.04. The van der Waals surface area contributed by atoms with Crippen LogP contribution in [0, 0.1) is 0 Å². The number of rotatable bonds is 3. The van der Waals surface area contributed by atoms with Gasteiger partial charge in [0.05, 0.1) is 4.21 Å².